The van der Waals surface area contributed by atoms with Crippen LogP contribution in [0.5, 0.6) is 11.5 Å². The van der Waals surface area contributed by atoms with Gasteiger partial charge in [0.2, 0.25) is 0 Å². The zero-order valence-electron chi connectivity index (χ0n) is 10.0. The number of rotatable bonds is 5. The highest BCUT2D eigenvalue weighted by atomic mass is 35.5. The molecule has 0 aromatic heterocycles. The number of carboxylic acid groups (broad SMARTS) is 1. The van der Waals surface area contributed by atoms with Gasteiger partial charge < -0.3 is 14.6 Å². The third kappa shape index (κ3) is 3.03. The van der Waals surface area contributed by atoms with E-state index >= 15 is 0 Å². The number of benzene rings is 1. The monoisotopic (exact) mass is 258 g/mol. The molecule has 1 N–H and O–H groups in total. The van der Waals surface area contributed by atoms with Gasteiger partial charge in [-0.2, -0.15) is 0 Å². The fourth-order valence-corrected chi connectivity index (χ4v) is 2.04. The molecule has 0 fully saturated rings. The number of methoxy groups -OCH3 is 2. The van der Waals surface area contributed by atoms with Gasteiger partial charge in [-0.15, -0.1) is 0 Å². The van der Waals surface area contributed by atoms with Gasteiger partial charge in [0, 0.05) is 12.0 Å². The maximum absolute atomic E-state index is 10.6. The Morgan fingerprint density at radius 1 is 1.35 bits per heavy atom. The van der Waals surface area contributed by atoms with E-state index in [2.05, 4.69) is 0 Å². The van der Waals surface area contributed by atoms with Crippen LogP contribution in [0.3, 0.4) is 0 Å². The summed E-state index contributed by atoms with van der Waals surface area (Å²) in [5.41, 5.74) is 1.71. The zero-order valence-corrected chi connectivity index (χ0v) is 10.8. The fourth-order valence-electron chi connectivity index (χ4n) is 1.72. The summed E-state index contributed by atoms with van der Waals surface area (Å²) in [4.78, 5) is 10.6. The fraction of sp³-hybridized carbons (Fsp3) is 0.417. The number of hydrogen-bond acceptors (Lipinski definition) is 3. The third-order valence-electron chi connectivity index (χ3n) is 2.51. The molecule has 0 saturated heterocycles. The molecule has 1 rings (SSSR count). The number of aryl methyl sites for hydroxylation is 1. The van der Waals surface area contributed by atoms with E-state index in [1.165, 1.54) is 14.2 Å². The molecule has 0 heterocycles. The van der Waals surface area contributed by atoms with Crippen molar-refractivity contribution in [2.75, 3.05) is 14.2 Å². The van der Waals surface area contributed by atoms with Crippen LogP contribution in [0, 0.1) is 6.92 Å². The lowest BCUT2D eigenvalue weighted by molar-refractivity contribution is -0.136. The lowest BCUT2D eigenvalue weighted by Crippen LogP contribution is -2.03. The topological polar surface area (TPSA) is 55.8 Å². The van der Waals surface area contributed by atoms with Crippen LogP contribution in [-0.4, -0.2) is 25.3 Å². The highest BCUT2D eigenvalue weighted by Gasteiger charge is 2.17. The lowest BCUT2D eigenvalue weighted by Gasteiger charge is -2.16. The summed E-state index contributed by atoms with van der Waals surface area (Å²) in [6, 6.07) is 1.75. The molecule has 0 spiro atoms. The minimum absolute atomic E-state index is 0.0436. The summed E-state index contributed by atoms with van der Waals surface area (Å²) in [6.45, 7) is 1.87. The van der Waals surface area contributed by atoms with Crippen LogP contribution in [0.2, 0.25) is 5.02 Å². The van der Waals surface area contributed by atoms with Crippen molar-refractivity contribution < 1.29 is 19.4 Å². The molecule has 1 aromatic rings. The van der Waals surface area contributed by atoms with Crippen molar-refractivity contribution in [3.05, 3.63) is 22.2 Å². The molecule has 0 aliphatic heterocycles. The van der Waals surface area contributed by atoms with Gasteiger partial charge in [-0.05, 0) is 25.0 Å². The van der Waals surface area contributed by atoms with E-state index in [-0.39, 0.29) is 6.42 Å². The summed E-state index contributed by atoms with van der Waals surface area (Å²) in [6.07, 6.45) is 0.430. The highest BCUT2D eigenvalue weighted by molar-refractivity contribution is 6.32. The molecule has 4 nitrogen and oxygen atoms in total. The first kappa shape index (κ1) is 13.6. The standard InChI is InChI=1S/C12H15ClO4/c1-7-6-9(13)12(17-3)11(16-2)8(7)4-5-10(14)15/h6H,4-5H2,1-3H3,(H,14,15). The molecule has 0 bridgehead atoms. The Bertz CT molecular complexity index is 429. The Balaban J connectivity index is 3.21. The number of ether oxygens (including phenoxy) is 2. The summed E-state index contributed by atoms with van der Waals surface area (Å²) in [5.74, 6) is 0.110. The largest absolute Gasteiger partial charge is 0.493 e. The van der Waals surface area contributed by atoms with Crippen molar-refractivity contribution in [1.29, 1.82) is 0 Å². The van der Waals surface area contributed by atoms with E-state index in [1.54, 1.807) is 6.07 Å². The number of carboxylic acids is 1. The highest BCUT2D eigenvalue weighted by Crippen LogP contribution is 2.40. The van der Waals surface area contributed by atoms with Crippen LogP contribution >= 0.6 is 11.6 Å². The number of carbonyl (C=O) groups is 1. The van der Waals surface area contributed by atoms with E-state index in [4.69, 9.17) is 26.2 Å². The molecule has 0 unspecified atom stereocenters. The smallest absolute Gasteiger partial charge is 0.303 e. The van der Waals surface area contributed by atoms with Gasteiger partial charge in [-0.3, -0.25) is 4.79 Å². The third-order valence-corrected chi connectivity index (χ3v) is 2.79. The molecule has 0 aliphatic carbocycles. The van der Waals surface area contributed by atoms with E-state index in [9.17, 15) is 4.79 Å². The van der Waals surface area contributed by atoms with Gasteiger partial charge >= 0.3 is 5.97 Å². The van der Waals surface area contributed by atoms with Crippen molar-refractivity contribution in [1.82, 2.24) is 0 Å². The summed E-state index contributed by atoms with van der Waals surface area (Å²) >= 11 is 6.03. The molecule has 0 saturated carbocycles. The molecule has 0 aliphatic rings. The van der Waals surface area contributed by atoms with Crippen LogP contribution < -0.4 is 9.47 Å². The second-order valence-corrected chi connectivity index (χ2v) is 4.02. The van der Waals surface area contributed by atoms with E-state index in [0.29, 0.717) is 22.9 Å². The Kier molecular flexibility index (Phi) is 4.63. The van der Waals surface area contributed by atoms with Crippen LogP contribution in [0.15, 0.2) is 6.07 Å². The SMILES string of the molecule is COc1c(Cl)cc(C)c(CCC(=O)O)c1OC. The average molecular weight is 259 g/mol. The number of aliphatic carboxylic acids is 1. The predicted octanol–water partition coefficient (Wildman–Crippen LogP) is 2.68. The molecule has 0 amide bonds. The molecule has 17 heavy (non-hydrogen) atoms. The van der Waals surface area contributed by atoms with E-state index in [0.717, 1.165) is 11.1 Å². The number of halogens is 1. The first-order chi connectivity index (χ1) is 8.01. The lowest BCUT2D eigenvalue weighted by atomic mass is 10.0. The summed E-state index contributed by atoms with van der Waals surface area (Å²) < 4.78 is 10.4. The van der Waals surface area contributed by atoms with Gasteiger partial charge in [0.15, 0.2) is 11.5 Å². The maximum Gasteiger partial charge on any atom is 0.303 e. The van der Waals surface area contributed by atoms with Crippen LogP contribution in [0.4, 0.5) is 0 Å². The van der Waals surface area contributed by atoms with Crippen molar-refractivity contribution in [3.8, 4) is 11.5 Å². The van der Waals surface area contributed by atoms with Gasteiger partial charge in [-0.25, -0.2) is 0 Å². The quantitative estimate of drug-likeness (QED) is 0.882. The molecular weight excluding hydrogens is 244 g/mol. The Hall–Kier alpha value is -1.42. The number of hydrogen-bond donors (Lipinski definition) is 1. The van der Waals surface area contributed by atoms with Crippen molar-refractivity contribution in [3.63, 3.8) is 0 Å². The molecule has 5 heteroatoms. The van der Waals surface area contributed by atoms with Gasteiger partial charge in [0.25, 0.3) is 0 Å². The molecule has 1 aromatic carbocycles. The van der Waals surface area contributed by atoms with Crippen molar-refractivity contribution >= 4 is 17.6 Å². The Morgan fingerprint density at radius 3 is 2.41 bits per heavy atom. The van der Waals surface area contributed by atoms with E-state index < -0.39 is 5.97 Å². The second kappa shape index (κ2) is 5.77. The maximum atomic E-state index is 10.6. The zero-order chi connectivity index (χ0) is 13.0. The van der Waals surface area contributed by atoms with Gasteiger partial charge in [0.05, 0.1) is 19.2 Å². The minimum atomic E-state index is -0.847. The van der Waals surface area contributed by atoms with Crippen LogP contribution in [0.1, 0.15) is 17.5 Å². The van der Waals surface area contributed by atoms with Gasteiger partial charge in [-0.1, -0.05) is 11.6 Å². The van der Waals surface area contributed by atoms with Crippen molar-refractivity contribution in [2.24, 2.45) is 0 Å². The van der Waals surface area contributed by atoms with Crippen LogP contribution in [-0.2, 0) is 11.2 Å². The summed E-state index contributed by atoms with van der Waals surface area (Å²) in [7, 11) is 3.01. The first-order valence-corrected chi connectivity index (χ1v) is 5.50. The Morgan fingerprint density at radius 2 is 1.94 bits per heavy atom. The molecular formula is C12H15ClO4. The minimum Gasteiger partial charge on any atom is -0.493 e. The summed E-state index contributed by atoms with van der Waals surface area (Å²) in [5, 5.41) is 9.17. The van der Waals surface area contributed by atoms with Crippen molar-refractivity contribution in [2.45, 2.75) is 19.8 Å². The molecule has 94 valence electrons. The predicted molar refractivity (Wildman–Crippen MR) is 65.2 cm³/mol. The average Bonchev–Trinajstić information content (AvgIpc) is 2.26. The normalized spacial score (nSPS) is 10.1. The van der Waals surface area contributed by atoms with Gasteiger partial charge in [0.1, 0.15) is 0 Å². The first-order valence-electron chi connectivity index (χ1n) is 5.13. The second-order valence-electron chi connectivity index (χ2n) is 3.61. The Labute approximate surface area is 105 Å². The molecule has 0 radical (unpaired) electrons. The van der Waals surface area contributed by atoms with E-state index in [1.807, 2.05) is 6.92 Å². The van der Waals surface area contributed by atoms with Crippen LogP contribution in [0.25, 0.3) is 0 Å². The molecule has 0 atom stereocenters.